The number of nitrogens with zero attached hydrogens (tertiary/aromatic N) is 1. The van der Waals surface area contributed by atoms with Crippen LogP contribution in [-0.4, -0.2) is 41.0 Å². The molecule has 6 heteroatoms. The van der Waals surface area contributed by atoms with Gasteiger partial charge in [-0.15, -0.1) is 0 Å². The van der Waals surface area contributed by atoms with Gasteiger partial charge in [0.15, 0.2) is 0 Å². The molecule has 0 saturated carbocycles. The summed E-state index contributed by atoms with van der Waals surface area (Å²) in [5.41, 5.74) is -0.0270. The van der Waals surface area contributed by atoms with Crippen LogP contribution in [0.5, 0.6) is 0 Å². The lowest BCUT2D eigenvalue weighted by atomic mass is 9.97. The highest BCUT2D eigenvalue weighted by atomic mass is 32.1. The second-order valence-corrected chi connectivity index (χ2v) is 6.00. The maximum Gasteiger partial charge on any atom is 0.243 e. The van der Waals surface area contributed by atoms with Gasteiger partial charge in [-0.1, -0.05) is 20.8 Å². The molecular weight excluding hydrogens is 240 g/mol. The minimum atomic E-state index is -0.599. The predicted octanol–water partition coefficient (Wildman–Crippen LogP) is 0.206. The summed E-state index contributed by atoms with van der Waals surface area (Å²) in [6, 6.07) is 0. The van der Waals surface area contributed by atoms with Gasteiger partial charge in [0.25, 0.3) is 0 Å². The Balaban J connectivity index is 2.47. The SMILES string of the molecule is CC(C)(C)CNC(=O)CN1C(=O)CC(S)C1=O. The van der Waals surface area contributed by atoms with Gasteiger partial charge in [-0.2, -0.15) is 12.6 Å². The molecule has 0 aliphatic carbocycles. The molecule has 96 valence electrons. The maximum atomic E-state index is 11.6. The number of carbonyl (C=O) groups is 3. The third-order valence-electron chi connectivity index (χ3n) is 2.34. The van der Waals surface area contributed by atoms with Crippen molar-refractivity contribution in [2.75, 3.05) is 13.1 Å². The Morgan fingerprint density at radius 2 is 2.06 bits per heavy atom. The molecule has 1 fully saturated rings. The molecule has 0 aromatic heterocycles. The van der Waals surface area contributed by atoms with Gasteiger partial charge < -0.3 is 5.32 Å². The first kappa shape index (κ1) is 14.0. The van der Waals surface area contributed by atoms with E-state index >= 15 is 0 Å². The Morgan fingerprint density at radius 1 is 1.47 bits per heavy atom. The normalized spacial score (nSPS) is 20.9. The fourth-order valence-corrected chi connectivity index (χ4v) is 1.69. The van der Waals surface area contributed by atoms with E-state index in [1.165, 1.54) is 0 Å². The Kier molecular flexibility index (Phi) is 4.19. The van der Waals surface area contributed by atoms with Crippen LogP contribution in [-0.2, 0) is 14.4 Å². The summed E-state index contributed by atoms with van der Waals surface area (Å²) in [5, 5.41) is 2.10. The molecule has 5 nitrogen and oxygen atoms in total. The van der Waals surface area contributed by atoms with E-state index in [9.17, 15) is 14.4 Å². The summed E-state index contributed by atoms with van der Waals surface area (Å²) < 4.78 is 0. The molecule has 1 aliphatic rings. The van der Waals surface area contributed by atoms with Crippen molar-refractivity contribution in [1.82, 2.24) is 10.2 Å². The highest BCUT2D eigenvalue weighted by molar-refractivity contribution is 7.81. The molecule has 0 aromatic rings. The van der Waals surface area contributed by atoms with E-state index in [1.54, 1.807) is 0 Å². The Morgan fingerprint density at radius 3 is 2.47 bits per heavy atom. The molecule has 0 bridgehead atoms. The smallest absolute Gasteiger partial charge is 0.243 e. The topological polar surface area (TPSA) is 66.5 Å². The quantitative estimate of drug-likeness (QED) is 0.561. The number of imide groups is 1. The van der Waals surface area contributed by atoms with Crippen molar-refractivity contribution in [2.45, 2.75) is 32.4 Å². The van der Waals surface area contributed by atoms with E-state index in [0.29, 0.717) is 6.54 Å². The second kappa shape index (κ2) is 5.08. The predicted molar refractivity (Wildman–Crippen MR) is 66.6 cm³/mol. The third-order valence-corrected chi connectivity index (χ3v) is 2.74. The van der Waals surface area contributed by atoms with Gasteiger partial charge in [0.1, 0.15) is 6.54 Å². The van der Waals surface area contributed by atoms with Crippen LogP contribution in [0.3, 0.4) is 0 Å². The first-order chi connectivity index (χ1) is 7.70. The summed E-state index contributed by atoms with van der Waals surface area (Å²) >= 11 is 3.98. The molecule has 1 unspecified atom stereocenters. The van der Waals surface area contributed by atoms with Crippen molar-refractivity contribution >= 4 is 30.4 Å². The lowest BCUT2D eigenvalue weighted by molar-refractivity contribution is -0.142. The molecule has 1 N–H and O–H groups in total. The first-order valence-corrected chi connectivity index (χ1v) is 6.01. The average Bonchev–Trinajstić information content (AvgIpc) is 2.41. The van der Waals surface area contributed by atoms with Crippen molar-refractivity contribution in [3.63, 3.8) is 0 Å². The van der Waals surface area contributed by atoms with Crippen LogP contribution in [0, 0.1) is 5.41 Å². The van der Waals surface area contributed by atoms with E-state index in [-0.39, 0.29) is 36.1 Å². The zero-order chi connectivity index (χ0) is 13.2. The summed E-state index contributed by atoms with van der Waals surface area (Å²) in [6.45, 7) is 6.27. The van der Waals surface area contributed by atoms with Gasteiger partial charge >= 0.3 is 0 Å². The fourth-order valence-electron chi connectivity index (χ4n) is 1.40. The van der Waals surface area contributed by atoms with E-state index < -0.39 is 5.25 Å². The molecule has 3 amide bonds. The van der Waals surface area contributed by atoms with E-state index in [2.05, 4.69) is 17.9 Å². The fraction of sp³-hybridized carbons (Fsp3) is 0.727. The van der Waals surface area contributed by atoms with Crippen molar-refractivity contribution in [2.24, 2.45) is 5.41 Å². The van der Waals surface area contributed by atoms with Crippen molar-refractivity contribution < 1.29 is 14.4 Å². The third kappa shape index (κ3) is 4.03. The minimum absolute atomic E-state index is 0.0270. The highest BCUT2D eigenvalue weighted by Crippen LogP contribution is 2.17. The zero-order valence-electron chi connectivity index (χ0n) is 10.3. The number of nitrogens with one attached hydrogen (secondary N) is 1. The van der Waals surface area contributed by atoms with Crippen LogP contribution in [0.4, 0.5) is 0 Å². The van der Waals surface area contributed by atoms with E-state index in [4.69, 9.17) is 0 Å². The summed E-state index contributed by atoms with van der Waals surface area (Å²) in [6.07, 6.45) is 0.0779. The van der Waals surface area contributed by atoms with Crippen LogP contribution < -0.4 is 5.32 Å². The lowest BCUT2D eigenvalue weighted by Crippen LogP contribution is -2.42. The standard InChI is InChI=1S/C11H18N2O3S/c1-11(2,3)6-12-8(14)5-13-9(15)4-7(17)10(13)16/h7,17H,4-6H2,1-3H3,(H,12,14). The van der Waals surface area contributed by atoms with E-state index in [1.807, 2.05) is 20.8 Å². The summed E-state index contributed by atoms with van der Waals surface area (Å²) in [4.78, 5) is 35.4. The summed E-state index contributed by atoms with van der Waals surface area (Å²) in [5.74, 6) is -1.03. The molecule has 1 atom stereocenters. The number of rotatable bonds is 3. The molecule has 1 rings (SSSR count). The van der Waals surface area contributed by atoms with Gasteiger partial charge in [0.05, 0.1) is 5.25 Å². The van der Waals surface area contributed by atoms with Crippen molar-refractivity contribution in [1.29, 1.82) is 0 Å². The molecule has 0 aromatic carbocycles. The zero-order valence-corrected chi connectivity index (χ0v) is 11.2. The Bertz CT molecular complexity index is 349. The number of likely N-dealkylation sites (tertiary alicyclic amines) is 1. The molecule has 17 heavy (non-hydrogen) atoms. The lowest BCUT2D eigenvalue weighted by Gasteiger charge is -2.20. The maximum absolute atomic E-state index is 11.6. The van der Waals surface area contributed by atoms with Crippen LogP contribution in [0.25, 0.3) is 0 Å². The van der Waals surface area contributed by atoms with E-state index in [0.717, 1.165) is 4.90 Å². The van der Waals surface area contributed by atoms with Crippen LogP contribution in [0.2, 0.25) is 0 Å². The molecular formula is C11H18N2O3S. The number of thiol groups is 1. The van der Waals surface area contributed by atoms with Crippen molar-refractivity contribution in [3.8, 4) is 0 Å². The van der Waals surface area contributed by atoms with Crippen LogP contribution >= 0.6 is 12.6 Å². The van der Waals surface area contributed by atoms with Gasteiger partial charge in [-0.3, -0.25) is 19.3 Å². The number of hydrogen-bond acceptors (Lipinski definition) is 4. The Hall–Kier alpha value is -1.04. The number of hydrogen-bond donors (Lipinski definition) is 2. The van der Waals surface area contributed by atoms with Crippen molar-refractivity contribution in [3.05, 3.63) is 0 Å². The minimum Gasteiger partial charge on any atom is -0.354 e. The molecule has 1 heterocycles. The number of carbonyl (C=O) groups excluding carboxylic acids is 3. The van der Waals surface area contributed by atoms with Crippen LogP contribution in [0.1, 0.15) is 27.2 Å². The first-order valence-electron chi connectivity index (χ1n) is 5.50. The average molecular weight is 258 g/mol. The molecule has 1 saturated heterocycles. The van der Waals surface area contributed by atoms with Gasteiger partial charge in [0, 0.05) is 13.0 Å². The van der Waals surface area contributed by atoms with Gasteiger partial charge in [-0.25, -0.2) is 0 Å². The molecule has 1 aliphatic heterocycles. The largest absolute Gasteiger partial charge is 0.354 e. The molecule has 0 spiro atoms. The Labute approximate surface area is 106 Å². The monoisotopic (exact) mass is 258 g/mol. The van der Waals surface area contributed by atoms with Gasteiger partial charge in [0.2, 0.25) is 17.7 Å². The van der Waals surface area contributed by atoms with Gasteiger partial charge in [-0.05, 0) is 5.41 Å². The second-order valence-electron chi connectivity index (χ2n) is 5.38. The van der Waals surface area contributed by atoms with Crippen LogP contribution in [0.15, 0.2) is 0 Å². The molecule has 0 radical (unpaired) electrons. The number of amides is 3. The summed E-state index contributed by atoms with van der Waals surface area (Å²) in [7, 11) is 0. The highest BCUT2D eigenvalue weighted by Gasteiger charge is 2.37.